The second kappa shape index (κ2) is 7.66. The summed E-state index contributed by atoms with van der Waals surface area (Å²) >= 11 is 0. The molecule has 26 heavy (non-hydrogen) atoms. The van der Waals surface area contributed by atoms with Gasteiger partial charge < -0.3 is 9.73 Å². The average Bonchev–Trinajstić information content (AvgIpc) is 3.31. The van der Waals surface area contributed by atoms with Crippen LogP contribution in [0.15, 0.2) is 46.4 Å². The Morgan fingerprint density at radius 2 is 2.00 bits per heavy atom. The number of benzene rings is 1. The highest BCUT2D eigenvalue weighted by Crippen LogP contribution is 2.31. The number of nitriles is 1. The maximum Gasteiger partial charge on any atom is 0.280 e. The summed E-state index contributed by atoms with van der Waals surface area (Å²) in [6.45, 7) is 0. The van der Waals surface area contributed by atoms with Crippen LogP contribution in [0.1, 0.15) is 31.4 Å². The van der Waals surface area contributed by atoms with Crippen molar-refractivity contribution in [3.8, 4) is 17.4 Å². The van der Waals surface area contributed by atoms with E-state index in [-0.39, 0.29) is 23.1 Å². The molecule has 0 spiro atoms. The normalized spacial score (nSPS) is 14.8. The molecule has 2 aromatic rings. The van der Waals surface area contributed by atoms with Gasteiger partial charge in [-0.05, 0) is 31.0 Å². The van der Waals surface area contributed by atoms with E-state index < -0.39 is 10.8 Å². The molecule has 1 aliphatic rings. The fraction of sp³-hybridized carbons (Fsp3) is 0.263. The maximum atomic E-state index is 12.2. The minimum atomic E-state index is -0.483. The number of nitro benzene ring substituents is 1. The van der Waals surface area contributed by atoms with Crippen molar-refractivity contribution >= 4 is 17.7 Å². The van der Waals surface area contributed by atoms with Crippen LogP contribution in [0.25, 0.3) is 17.4 Å². The molecule has 1 saturated carbocycles. The van der Waals surface area contributed by atoms with Gasteiger partial charge in [0.05, 0.1) is 10.5 Å². The molecule has 1 aromatic carbocycles. The Kier molecular flexibility index (Phi) is 5.13. The lowest BCUT2D eigenvalue weighted by Gasteiger charge is -2.10. The van der Waals surface area contributed by atoms with Crippen LogP contribution in [0.3, 0.4) is 0 Å². The van der Waals surface area contributed by atoms with Gasteiger partial charge in [-0.3, -0.25) is 14.9 Å². The molecular weight excluding hydrogens is 334 g/mol. The molecule has 7 nitrogen and oxygen atoms in total. The summed E-state index contributed by atoms with van der Waals surface area (Å²) < 4.78 is 5.60. The van der Waals surface area contributed by atoms with Crippen LogP contribution in [0.4, 0.5) is 5.69 Å². The molecule has 0 aliphatic heterocycles. The smallest absolute Gasteiger partial charge is 0.280 e. The molecule has 0 saturated heterocycles. The van der Waals surface area contributed by atoms with Crippen molar-refractivity contribution in [3.05, 3.63) is 57.8 Å². The minimum Gasteiger partial charge on any atom is -0.456 e. The highest BCUT2D eigenvalue weighted by atomic mass is 16.6. The van der Waals surface area contributed by atoms with Gasteiger partial charge >= 0.3 is 0 Å². The molecule has 0 radical (unpaired) electrons. The first kappa shape index (κ1) is 17.4. The molecule has 1 N–H and O–H groups in total. The van der Waals surface area contributed by atoms with Crippen molar-refractivity contribution in [2.45, 2.75) is 31.7 Å². The summed E-state index contributed by atoms with van der Waals surface area (Å²) in [5, 5.41) is 23.3. The lowest BCUT2D eigenvalue weighted by molar-refractivity contribution is -0.384. The predicted octanol–water partition coefficient (Wildman–Crippen LogP) is 3.82. The van der Waals surface area contributed by atoms with E-state index in [1.807, 2.05) is 6.07 Å². The van der Waals surface area contributed by atoms with Crippen molar-refractivity contribution in [2.75, 3.05) is 0 Å². The molecule has 1 fully saturated rings. The first-order chi connectivity index (χ1) is 12.6. The van der Waals surface area contributed by atoms with Crippen LogP contribution in [-0.4, -0.2) is 16.9 Å². The summed E-state index contributed by atoms with van der Waals surface area (Å²) in [5.74, 6) is 0.163. The number of amides is 1. The molecule has 3 rings (SSSR count). The van der Waals surface area contributed by atoms with E-state index in [9.17, 15) is 20.2 Å². The summed E-state index contributed by atoms with van der Waals surface area (Å²) in [6, 6.07) is 11.4. The van der Waals surface area contributed by atoms with Gasteiger partial charge in [0.15, 0.2) is 0 Å². The number of nitrogens with zero attached hydrogens (tertiary/aromatic N) is 2. The van der Waals surface area contributed by atoms with E-state index in [0.717, 1.165) is 25.7 Å². The van der Waals surface area contributed by atoms with Crippen molar-refractivity contribution < 1.29 is 14.1 Å². The van der Waals surface area contributed by atoms with Gasteiger partial charge in [0.2, 0.25) is 0 Å². The van der Waals surface area contributed by atoms with Gasteiger partial charge in [-0.15, -0.1) is 0 Å². The minimum absolute atomic E-state index is 0.0552. The molecule has 1 amide bonds. The quantitative estimate of drug-likeness (QED) is 0.381. The maximum absolute atomic E-state index is 12.2. The highest BCUT2D eigenvalue weighted by molar-refractivity contribution is 6.01. The fourth-order valence-electron chi connectivity index (χ4n) is 3.04. The Hall–Kier alpha value is -3.40. The Balaban J connectivity index is 1.82. The molecule has 0 atom stereocenters. The lowest BCUT2D eigenvalue weighted by atomic mass is 10.1. The number of nitro groups is 1. The van der Waals surface area contributed by atoms with Crippen LogP contribution in [0.5, 0.6) is 0 Å². The molecule has 7 heteroatoms. The number of rotatable bonds is 5. The van der Waals surface area contributed by atoms with E-state index in [0.29, 0.717) is 11.3 Å². The zero-order chi connectivity index (χ0) is 18.5. The number of furan rings is 1. The molecule has 1 aliphatic carbocycles. The fourth-order valence-corrected chi connectivity index (χ4v) is 3.04. The van der Waals surface area contributed by atoms with Gasteiger partial charge in [-0.2, -0.15) is 5.26 Å². The summed E-state index contributed by atoms with van der Waals surface area (Å²) in [7, 11) is 0. The van der Waals surface area contributed by atoms with E-state index in [1.165, 1.54) is 12.1 Å². The van der Waals surface area contributed by atoms with Gasteiger partial charge in [0.25, 0.3) is 11.6 Å². The Morgan fingerprint density at radius 1 is 1.27 bits per heavy atom. The summed E-state index contributed by atoms with van der Waals surface area (Å²) in [6.07, 6.45) is 5.35. The number of carbonyl (C=O) groups excluding carboxylic acids is 1. The number of carbonyl (C=O) groups is 1. The number of hydrogen-bond acceptors (Lipinski definition) is 5. The first-order valence-electron chi connectivity index (χ1n) is 8.35. The highest BCUT2D eigenvalue weighted by Gasteiger charge is 2.20. The topological polar surface area (TPSA) is 109 Å². The largest absolute Gasteiger partial charge is 0.456 e. The van der Waals surface area contributed by atoms with Crippen LogP contribution < -0.4 is 5.32 Å². The zero-order valence-electron chi connectivity index (χ0n) is 14.0. The van der Waals surface area contributed by atoms with Crippen LogP contribution in [0, 0.1) is 21.4 Å². The monoisotopic (exact) mass is 351 g/mol. The van der Waals surface area contributed by atoms with Gasteiger partial charge in [-0.25, -0.2) is 0 Å². The third kappa shape index (κ3) is 3.81. The van der Waals surface area contributed by atoms with Crippen molar-refractivity contribution in [1.82, 2.24) is 5.32 Å². The number of para-hydroxylation sites is 1. The van der Waals surface area contributed by atoms with E-state index in [1.54, 1.807) is 30.3 Å². The van der Waals surface area contributed by atoms with Crippen molar-refractivity contribution in [2.24, 2.45) is 0 Å². The van der Waals surface area contributed by atoms with Crippen LogP contribution >= 0.6 is 0 Å². The van der Waals surface area contributed by atoms with Gasteiger partial charge in [0.1, 0.15) is 23.2 Å². The predicted molar refractivity (Wildman–Crippen MR) is 94.8 cm³/mol. The molecule has 0 unspecified atom stereocenters. The van der Waals surface area contributed by atoms with E-state index >= 15 is 0 Å². The second-order valence-corrected chi connectivity index (χ2v) is 6.10. The standard InChI is InChI=1S/C19H17N3O4/c20-12-13(19(23)21-14-5-1-2-6-14)11-15-9-10-18(26-15)16-7-3-4-8-17(16)22(24)25/h3-4,7-11,14H,1-2,5-6H2,(H,21,23)/b13-11+. The third-order valence-corrected chi connectivity index (χ3v) is 4.34. The van der Waals surface area contributed by atoms with Crippen molar-refractivity contribution in [3.63, 3.8) is 0 Å². The van der Waals surface area contributed by atoms with Gasteiger partial charge in [-0.1, -0.05) is 25.0 Å². The SMILES string of the molecule is N#C/C(=C\c1ccc(-c2ccccc2[N+](=O)[O-])o1)C(=O)NC1CCCC1. The summed E-state index contributed by atoms with van der Waals surface area (Å²) in [4.78, 5) is 22.9. The first-order valence-corrected chi connectivity index (χ1v) is 8.35. The molecular formula is C19H17N3O4. The second-order valence-electron chi connectivity index (χ2n) is 6.10. The Bertz CT molecular complexity index is 902. The molecule has 1 heterocycles. The zero-order valence-corrected chi connectivity index (χ0v) is 14.0. The number of hydrogen-bond donors (Lipinski definition) is 1. The Labute approximate surface area is 150 Å². The Morgan fingerprint density at radius 3 is 2.69 bits per heavy atom. The average molecular weight is 351 g/mol. The molecule has 1 aromatic heterocycles. The third-order valence-electron chi connectivity index (χ3n) is 4.34. The van der Waals surface area contributed by atoms with Crippen LogP contribution in [0.2, 0.25) is 0 Å². The van der Waals surface area contributed by atoms with Crippen LogP contribution in [-0.2, 0) is 4.79 Å². The summed E-state index contributed by atoms with van der Waals surface area (Å²) in [5.41, 5.74) is 0.211. The van der Waals surface area contributed by atoms with Crippen molar-refractivity contribution in [1.29, 1.82) is 5.26 Å². The molecule has 0 bridgehead atoms. The van der Waals surface area contributed by atoms with E-state index in [4.69, 9.17) is 4.42 Å². The number of nitrogens with one attached hydrogen (secondary N) is 1. The molecule has 132 valence electrons. The lowest BCUT2D eigenvalue weighted by Crippen LogP contribution is -2.33. The van der Waals surface area contributed by atoms with E-state index in [2.05, 4.69) is 5.32 Å². The van der Waals surface area contributed by atoms with Gasteiger partial charge in [0, 0.05) is 18.2 Å².